The monoisotopic (exact) mass is 471 g/mol. The zero-order chi connectivity index (χ0) is 20.6. The summed E-state index contributed by atoms with van der Waals surface area (Å²) < 4.78 is 6.42. The van der Waals surface area contributed by atoms with Crippen molar-refractivity contribution in [1.29, 1.82) is 0 Å². The van der Waals surface area contributed by atoms with Crippen LogP contribution in [0.5, 0.6) is 0 Å². The molecule has 0 radical (unpaired) electrons. The van der Waals surface area contributed by atoms with E-state index in [9.17, 15) is 9.59 Å². The van der Waals surface area contributed by atoms with E-state index in [-0.39, 0.29) is 27.1 Å². The van der Waals surface area contributed by atoms with Gasteiger partial charge in [0.1, 0.15) is 0 Å². The SMILES string of the molecule is CSc1cnc2ccccc2c1[Se]CC#CCOC(=O)c1ccc(C(=O)O)cc1. The fourth-order valence-electron chi connectivity index (χ4n) is 2.54. The zero-order valence-corrected chi connectivity index (χ0v) is 18.1. The van der Waals surface area contributed by atoms with E-state index in [4.69, 9.17) is 9.84 Å². The third-order valence-electron chi connectivity index (χ3n) is 3.97. The maximum absolute atomic E-state index is 12.0. The van der Waals surface area contributed by atoms with Crippen LogP contribution in [0.1, 0.15) is 20.7 Å². The molecule has 0 atom stereocenters. The molecule has 1 aromatic heterocycles. The molecule has 0 fully saturated rings. The number of aromatic carboxylic acids is 1. The number of ether oxygens (including phenoxy) is 1. The summed E-state index contributed by atoms with van der Waals surface area (Å²) in [5.41, 5.74) is 1.41. The van der Waals surface area contributed by atoms with E-state index in [0.29, 0.717) is 10.9 Å². The summed E-state index contributed by atoms with van der Waals surface area (Å²) >= 11 is 1.84. The Morgan fingerprint density at radius 1 is 1.10 bits per heavy atom. The number of hydrogen-bond acceptors (Lipinski definition) is 5. The number of fused-ring (bicyclic) bond motifs is 1. The molecule has 7 heteroatoms. The van der Waals surface area contributed by atoms with Crippen LogP contribution in [0.15, 0.2) is 59.6 Å². The molecule has 146 valence electrons. The fraction of sp³-hybridized carbons (Fsp3) is 0.136. The zero-order valence-electron chi connectivity index (χ0n) is 15.5. The van der Waals surface area contributed by atoms with Crippen LogP contribution in [-0.4, -0.2) is 49.8 Å². The van der Waals surface area contributed by atoms with E-state index in [1.165, 1.54) is 33.6 Å². The van der Waals surface area contributed by atoms with Crippen molar-refractivity contribution in [2.24, 2.45) is 0 Å². The van der Waals surface area contributed by atoms with Crippen molar-refractivity contribution in [1.82, 2.24) is 4.98 Å². The summed E-state index contributed by atoms with van der Waals surface area (Å²) in [4.78, 5) is 28.5. The molecule has 1 N–H and O–H groups in total. The Balaban J connectivity index is 1.55. The van der Waals surface area contributed by atoms with Gasteiger partial charge in [0.15, 0.2) is 0 Å². The molecule has 0 aliphatic carbocycles. The van der Waals surface area contributed by atoms with E-state index < -0.39 is 11.9 Å². The summed E-state index contributed by atoms with van der Waals surface area (Å²) in [6.07, 6.45) is 3.95. The molecule has 2 aromatic carbocycles. The van der Waals surface area contributed by atoms with Gasteiger partial charge in [-0.25, -0.2) is 0 Å². The summed E-state index contributed by atoms with van der Waals surface area (Å²) in [6.45, 7) is 0.00206. The average molecular weight is 470 g/mol. The van der Waals surface area contributed by atoms with Crippen molar-refractivity contribution in [3.8, 4) is 11.8 Å². The number of carbonyl (C=O) groups excluding carboxylic acids is 1. The first-order valence-corrected chi connectivity index (χ1v) is 11.9. The van der Waals surface area contributed by atoms with Gasteiger partial charge in [-0.3, -0.25) is 0 Å². The van der Waals surface area contributed by atoms with E-state index >= 15 is 0 Å². The molecule has 29 heavy (non-hydrogen) atoms. The van der Waals surface area contributed by atoms with Crippen LogP contribution in [-0.2, 0) is 4.74 Å². The summed E-state index contributed by atoms with van der Waals surface area (Å²) in [7, 11) is 0. The van der Waals surface area contributed by atoms with Crippen LogP contribution >= 0.6 is 11.8 Å². The number of para-hydroxylation sites is 1. The second-order valence-corrected chi connectivity index (χ2v) is 8.69. The normalized spacial score (nSPS) is 10.2. The predicted molar refractivity (Wildman–Crippen MR) is 115 cm³/mol. The molecular formula is C22H17NO4SSe. The van der Waals surface area contributed by atoms with Gasteiger partial charge < -0.3 is 0 Å². The van der Waals surface area contributed by atoms with Gasteiger partial charge in [0, 0.05) is 0 Å². The van der Waals surface area contributed by atoms with Crippen LogP contribution in [0.4, 0.5) is 0 Å². The number of nitrogens with zero attached hydrogens (tertiary/aromatic N) is 1. The van der Waals surface area contributed by atoms with Crippen LogP contribution in [0.25, 0.3) is 10.9 Å². The number of carboxylic acids is 1. The molecule has 1 heterocycles. The second kappa shape index (κ2) is 10.1. The number of hydrogen-bond donors (Lipinski definition) is 1. The first-order valence-electron chi connectivity index (χ1n) is 8.61. The van der Waals surface area contributed by atoms with Crippen LogP contribution < -0.4 is 4.46 Å². The van der Waals surface area contributed by atoms with Crippen molar-refractivity contribution < 1.29 is 19.4 Å². The number of pyridine rings is 1. The predicted octanol–water partition coefficient (Wildman–Crippen LogP) is 3.26. The first-order chi connectivity index (χ1) is 14.1. The van der Waals surface area contributed by atoms with Gasteiger partial charge in [0.25, 0.3) is 0 Å². The Morgan fingerprint density at radius 3 is 2.55 bits per heavy atom. The summed E-state index contributed by atoms with van der Waals surface area (Å²) in [5.74, 6) is 4.39. The van der Waals surface area contributed by atoms with Crippen molar-refractivity contribution in [2.75, 3.05) is 12.9 Å². The molecule has 0 amide bonds. The van der Waals surface area contributed by atoms with E-state index in [1.807, 2.05) is 30.7 Å². The van der Waals surface area contributed by atoms with Gasteiger partial charge in [-0.05, 0) is 0 Å². The molecule has 3 aromatic rings. The minimum atomic E-state index is -1.04. The van der Waals surface area contributed by atoms with E-state index in [1.54, 1.807) is 11.8 Å². The average Bonchev–Trinajstić information content (AvgIpc) is 2.75. The second-order valence-electron chi connectivity index (χ2n) is 5.77. The number of aromatic nitrogens is 1. The summed E-state index contributed by atoms with van der Waals surface area (Å²) in [6, 6.07) is 13.7. The Kier molecular flexibility index (Phi) is 7.31. The number of esters is 1. The van der Waals surface area contributed by atoms with Gasteiger partial charge in [-0.15, -0.1) is 0 Å². The minimum absolute atomic E-state index is 0.00206. The number of benzene rings is 2. The molecule has 0 aliphatic heterocycles. The van der Waals surface area contributed by atoms with Gasteiger partial charge >= 0.3 is 179 Å². The van der Waals surface area contributed by atoms with Gasteiger partial charge in [-0.1, -0.05) is 0 Å². The number of thioether (sulfide) groups is 1. The molecule has 5 nitrogen and oxygen atoms in total. The van der Waals surface area contributed by atoms with Crippen molar-refractivity contribution in [3.63, 3.8) is 0 Å². The topological polar surface area (TPSA) is 76.5 Å². The van der Waals surface area contributed by atoms with Gasteiger partial charge in [-0.2, -0.15) is 0 Å². The van der Waals surface area contributed by atoms with Crippen molar-refractivity contribution in [3.05, 3.63) is 65.9 Å². The number of carboxylic acid groups (broad SMARTS) is 1. The Morgan fingerprint density at radius 2 is 1.83 bits per heavy atom. The first kappa shape index (κ1) is 20.9. The summed E-state index contributed by atoms with van der Waals surface area (Å²) in [5, 5.41) is 10.7. The molecular weight excluding hydrogens is 453 g/mol. The molecule has 3 rings (SSSR count). The van der Waals surface area contributed by atoms with Gasteiger partial charge in [0.2, 0.25) is 0 Å². The molecule has 0 unspecified atom stereocenters. The fourth-order valence-corrected chi connectivity index (χ4v) is 5.59. The molecule has 0 spiro atoms. The van der Waals surface area contributed by atoms with E-state index in [0.717, 1.165) is 10.9 Å². The maximum atomic E-state index is 12.0. The van der Waals surface area contributed by atoms with Crippen molar-refractivity contribution in [2.45, 2.75) is 10.2 Å². The van der Waals surface area contributed by atoms with Crippen molar-refractivity contribution >= 4 is 54.0 Å². The van der Waals surface area contributed by atoms with E-state index in [2.05, 4.69) is 22.9 Å². The standard InChI is InChI=1S/C22H17NO4SSe/c1-28-19-14-23-18-7-3-2-6-17(18)20(19)29-13-5-4-12-27-22(26)16-10-8-15(9-11-16)21(24)25/h2-3,6-11,14H,12-13H2,1H3,(H,24,25). The van der Waals surface area contributed by atoms with Gasteiger partial charge in [0.05, 0.1) is 0 Å². The molecule has 0 aliphatic rings. The Labute approximate surface area is 179 Å². The van der Waals surface area contributed by atoms with Crippen LogP contribution in [0.3, 0.4) is 0 Å². The molecule has 0 saturated carbocycles. The van der Waals surface area contributed by atoms with Crippen LogP contribution in [0.2, 0.25) is 5.32 Å². The third-order valence-corrected chi connectivity index (χ3v) is 7.15. The molecule has 0 saturated heterocycles. The Hall–Kier alpha value is -2.78. The molecule has 0 bridgehead atoms. The Bertz CT molecular complexity index is 1100. The number of carbonyl (C=O) groups is 2. The number of rotatable bonds is 6. The van der Waals surface area contributed by atoms with Crippen LogP contribution in [0, 0.1) is 11.8 Å². The quantitative estimate of drug-likeness (QED) is 0.258. The third kappa shape index (κ3) is 5.39.